The molecule has 0 saturated heterocycles. The van der Waals surface area contributed by atoms with E-state index in [-0.39, 0.29) is 35.5 Å². The van der Waals surface area contributed by atoms with E-state index in [9.17, 15) is 14.4 Å². The Labute approximate surface area is 168 Å². The highest BCUT2D eigenvalue weighted by molar-refractivity contribution is 6.04. The van der Waals surface area contributed by atoms with Gasteiger partial charge in [0.2, 0.25) is 0 Å². The van der Waals surface area contributed by atoms with E-state index in [4.69, 9.17) is 0 Å². The number of carbonyl (C=O) groups is 2. The summed E-state index contributed by atoms with van der Waals surface area (Å²) in [6, 6.07) is 14.0. The lowest BCUT2D eigenvalue weighted by Crippen LogP contribution is -2.31. The van der Waals surface area contributed by atoms with Crippen LogP contribution in [-0.4, -0.2) is 28.6 Å². The van der Waals surface area contributed by atoms with Crippen LogP contribution in [0.2, 0.25) is 0 Å². The average molecular weight is 392 g/mol. The topological polar surface area (TPSA) is 93.1 Å². The van der Waals surface area contributed by atoms with Crippen molar-refractivity contribution < 1.29 is 9.59 Å². The van der Waals surface area contributed by atoms with Gasteiger partial charge in [-0.3, -0.25) is 14.4 Å². The smallest absolute Gasteiger partial charge is 0.274 e. The lowest BCUT2D eigenvalue weighted by molar-refractivity contribution is 0.0943. The molecule has 0 saturated carbocycles. The molecule has 0 atom stereocenters. The van der Waals surface area contributed by atoms with E-state index in [1.807, 2.05) is 19.9 Å². The van der Waals surface area contributed by atoms with Gasteiger partial charge >= 0.3 is 0 Å². The molecule has 7 nitrogen and oxygen atoms in total. The van der Waals surface area contributed by atoms with E-state index in [1.54, 1.807) is 49.5 Å². The van der Waals surface area contributed by atoms with Gasteiger partial charge in [-0.15, -0.1) is 0 Å². The first-order valence-corrected chi connectivity index (χ1v) is 9.49. The van der Waals surface area contributed by atoms with E-state index in [1.165, 1.54) is 4.68 Å². The van der Waals surface area contributed by atoms with Crippen LogP contribution in [0.1, 0.15) is 40.3 Å². The van der Waals surface area contributed by atoms with Gasteiger partial charge in [-0.1, -0.05) is 44.2 Å². The van der Waals surface area contributed by atoms with Crippen molar-refractivity contribution in [3.63, 3.8) is 0 Å². The fraction of sp³-hybridized carbons (Fsp3) is 0.273. The van der Waals surface area contributed by atoms with Gasteiger partial charge in [0.1, 0.15) is 0 Å². The summed E-state index contributed by atoms with van der Waals surface area (Å²) in [5.41, 5.74) is 1.32. The quantitative estimate of drug-likeness (QED) is 0.673. The third-order valence-electron chi connectivity index (χ3n) is 4.49. The number of fused-ring (bicyclic) bond motifs is 1. The highest BCUT2D eigenvalue weighted by atomic mass is 16.2. The molecule has 0 aliphatic rings. The summed E-state index contributed by atoms with van der Waals surface area (Å²) in [5, 5.41) is 10.8. The van der Waals surface area contributed by atoms with Crippen LogP contribution in [0.25, 0.3) is 10.8 Å². The zero-order chi connectivity index (χ0) is 21.0. The van der Waals surface area contributed by atoms with Gasteiger partial charge in [-0.2, -0.15) is 5.10 Å². The van der Waals surface area contributed by atoms with Gasteiger partial charge in [0.25, 0.3) is 17.4 Å². The number of hydrogen-bond donors (Lipinski definition) is 2. The number of rotatable bonds is 6. The van der Waals surface area contributed by atoms with Crippen LogP contribution >= 0.6 is 0 Å². The molecule has 0 fully saturated rings. The first kappa shape index (κ1) is 20.3. The zero-order valence-electron chi connectivity index (χ0n) is 16.7. The van der Waals surface area contributed by atoms with Crippen LogP contribution in [0.5, 0.6) is 0 Å². The highest BCUT2D eigenvalue weighted by Crippen LogP contribution is 2.14. The van der Waals surface area contributed by atoms with E-state index >= 15 is 0 Å². The van der Waals surface area contributed by atoms with Crippen LogP contribution in [-0.2, 0) is 13.1 Å². The third-order valence-corrected chi connectivity index (χ3v) is 4.49. The second-order valence-electron chi connectivity index (χ2n) is 7.24. The summed E-state index contributed by atoms with van der Waals surface area (Å²) in [7, 11) is 1.57. The van der Waals surface area contributed by atoms with Crippen molar-refractivity contribution in [2.45, 2.75) is 26.9 Å². The van der Waals surface area contributed by atoms with Gasteiger partial charge in [-0.05, 0) is 29.7 Å². The molecule has 1 aromatic heterocycles. The first-order chi connectivity index (χ1) is 13.9. The molecule has 3 rings (SSSR count). The summed E-state index contributed by atoms with van der Waals surface area (Å²) < 4.78 is 1.36. The number of carbonyl (C=O) groups excluding carboxylic acids is 2. The molecule has 2 aromatic carbocycles. The Kier molecular flexibility index (Phi) is 6.07. The van der Waals surface area contributed by atoms with E-state index in [0.29, 0.717) is 22.9 Å². The fourth-order valence-electron chi connectivity index (χ4n) is 3.11. The Balaban J connectivity index is 1.90. The number of hydrogen-bond acceptors (Lipinski definition) is 4. The normalized spacial score (nSPS) is 10.9. The number of amides is 2. The molecule has 0 bridgehead atoms. The van der Waals surface area contributed by atoms with Gasteiger partial charge < -0.3 is 10.6 Å². The van der Waals surface area contributed by atoms with Crippen LogP contribution in [0, 0.1) is 5.92 Å². The maximum atomic E-state index is 12.9. The first-order valence-electron chi connectivity index (χ1n) is 9.49. The lowest BCUT2D eigenvalue weighted by atomic mass is 10.1. The van der Waals surface area contributed by atoms with Gasteiger partial charge in [0, 0.05) is 31.1 Å². The number of nitrogens with zero attached hydrogens (tertiary/aromatic N) is 2. The molecule has 7 heteroatoms. The van der Waals surface area contributed by atoms with Crippen LogP contribution in [0.4, 0.5) is 0 Å². The summed E-state index contributed by atoms with van der Waals surface area (Å²) >= 11 is 0. The summed E-state index contributed by atoms with van der Waals surface area (Å²) in [4.78, 5) is 37.4. The third kappa shape index (κ3) is 4.51. The Morgan fingerprint density at radius 1 is 1.03 bits per heavy atom. The molecule has 2 N–H and O–H groups in total. The van der Waals surface area contributed by atoms with Gasteiger partial charge in [-0.25, -0.2) is 4.68 Å². The molecule has 0 radical (unpaired) electrons. The average Bonchev–Trinajstić information content (AvgIpc) is 2.73. The van der Waals surface area contributed by atoms with E-state index in [0.717, 1.165) is 5.56 Å². The number of benzene rings is 2. The molecule has 3 aromatic rings. The van der Waals surface area contributed by atoms with Crippen molar-refractivity contribution in [3.8, 4) is 0 Å². The Morgan fingerprint density at radius 3 is 2.45 bits per heavy atom. The van der Waals surface area contributed by atoms with Crippen LogP contribution in [0.3, 0.4) is 0 Å². The predicted octanol–water partition coefficient (Wildman–Crippen LogP) is 2.34. The van der Waals surface area contributed by atoms with Crippen molar-refractivity contribution >= 4 is 22.6 Å². The molecular weight excluding hydrogens is 368 g/mol. The molecule has 1 heterocycles. The molecule has 29 heavy (non-hydrogen) atoms. The van der Waals surface area contributed by atoms with Crippen LogP contribution in [0.15, 0.2) is 53.3 Å². The maximum Gasteiger partial charge on any atom is 0.274 e. The standard InChI is InChI=1S/C22H24N4O3/c1-14(2)13-26-22(29)18-10-5-4-9-17(18)19(25-26)21(28)24-12-15-7-6-8-16(11-15)20(27)23-3/h4-11,14H,12-13H2,1-3H3,(H,23,27)(H,24,28). The van der Waals surface area contributed by atoms with Crippen molar-refractivity contribution in [2.24, 2.45) is 5.92 Å². The molecule has 0 aliphatic carbocycles. The number of aromatic nitrogens is 2. The Bertz CT molecular complexity index is 1120. The van der Waals surface area contributed by atoms with Crippen molar-refractivity contribution in [3.05, 3.63) is 75.7 Å². The zero-order valence-corrected chi connectivity index (χ0v) is 16.7. The van der Waals surface area contributed by atoms with Crippen molar-refractivity contribution in [1.82, 2.24) is 20.4 Å². The lowest BCUT2D eigenvalue weighted by Gasteiger charge is -2.13. The van der Waals surface area contributed by atoms with Crippen LogP contribution < -0.4 is 16.2 Å². The molecule has 0 spiro atoms. The monoisotopic (exact) mass is 392 g/mol. The second-order valence-corrected chi connectivity index (χ2v) is 7.24. The molecule has 0 unspecified atom stereocenters. The minimum absolute atomic E-state index is 0.188. The number of nitrogens with one attached hydrogen (secondary N) is 2. The minimum atomic E-state index is -0.371. The molecule has 2 amide bonds. The van der Waals surface area contributed by atoms with Crippen molar-refractivity contribution in [1.29, 1.82) is 0 Å². The maximum absolute atomic E-state index is 12.9. The molecule has 150 valence electrons. The predicted molar refractivity (Wildman–Crippen MR) is 112 cm³/mol. The SMILES string of the molecule is CNC(=O)c1cccc(CNC(=O)c2nn(CC(C)C)c(=O)c3ccccc23)c1. The summed E-state index contributed by atoms with van der Waals surface area (Å²) in [6.07, 6.45) is 0. The van der Waals surface area contributed by atoms with Crippen molar-refractivity contribution in [2.75, 3.05) is 7.05 Å². The van der Waals surface area contributed by atoms with Gasteiger partial charge in [0.05, 0.1) is 5.39 Å². The van der Waals surface area contributed by atoms with Gasteiger partial charge in [0.15, 0.2) is 5.69 Å². The molecule has 0 aliphatic heterocycles. The highest BCUT2D eigenvalue weighted by Gasteiger charge is 2.17. The summed E-state index contributed by atoms with van der Waals surface area (Å²) in [6.45, 7) is 4.64. The Morgan fingerprint density at radius 2 is 1.76 bits per heavy atom. The largest absolute Gasteiger partial charge is 0.355 e. The van der Waals surface area contributed by atoms with E-state index < -0.39 is 0 Å². The fourth-order valence-corrected chi connectivity index (χ4v) is 3.11. The second kappa shape index (κ2) is 8.68. The molecular formula is C22H24N4O3. The Hall–Kier alpha value is -3.48. The summed E-state index contributed by atoms with van der Waals surface area (Å²) in [5.74, 6) is -0.347. The minimum Gasteiger partial charge on any atom is -0.355 e. The van der Waals surface area contributed by atoms with E-state index in [2.05, 4.69) is 15.7 Å².